The van der Waals surface area contributed by atoms with Crippen molar-refractivity contribution in [2.24, 2.45) is 0 Å². The van der Waals surface area contributed by atoms with Crippen LogP contribution >= 0.6 is 11.3 Å². The second-order valence-corrected chi connectivity index (χ2v) is 8.00. The number of hydrogen-bond acceptors (Lipinski definition) is 5. The summed E-state index contributed by atoms with van der Waals surface area (Å²) >= 11 is 1.54. The highest BCUT2D eigenvalue weighted by Gasteiger charge is 2.24. The number of nitrogens with one attached hydrogen (secondary N) is 1. The molecule has 0 aliphatic carbocycles. The Morgan fingerprint density at radius 1 is 1.21 bits per heavy atom. The highest BCUT2D eigenvalue weighted by Crippen LogP contribution is 2.32. The molecule has 3 aromatic rings. The smallest absolute Gasteiger partial charge is 0.260 e. The second-order valence-electron chi connectivity index (χ2n) is 6.99. The van der Waals surface area contributed by atoms with Gasteiger partial charge in [-0.1, -0.05) is 29.5 Å². The Balaban J connectivity index is 1.61. The summed E-state index contributed by atoms with van der Waals surface area (Å²) in [5.74, 6) is 0.816. The molecule has 2 heterocycles. The first-order valence-electron chi connectivity index (χ1n) is 10.1. The molecule has 1 fully saturated rings. The van der Waals surface area contributed by atoms with Crippen LogP contribution in [0.3, 0.4) is 0 Å². The molecule has 6 nitrogen and oxygen atoms in total. The molecule has 2 aromatic carbocycles. The quantitative estimate of drug-likeness (QED) is 0.647. The lowest BCUT2D eigenvalue weighted by Crippen LogP contribution is -3.14. The number of aromatic nitrogens is 1. The van der Waals surface area contributed by atoms with Crippen LogP contribution in [0.1, 0.15) is 17.3 Å². The minimum atomic E-state index is -0.0117. The van der Waals surface area contributed by atoms with Gasteiger partial charge in [-0.15, -0.1) is 0 Å². The van der Waals surface area contributed by atoms with Gasteiger partial charge in [-0.25, -0.2) is 4.98 Å². The van der Waals surface area contributed by atoms with E-state index in [1.165, 1.54) is 16.2 Å². The van der Waals surface area contributed by atoms with E-state index >= 15 is 0 Å². The van der Waals surface area contributed by atoms with Gasteiger partial charge in [0.1, 0.15) is 18.8 Å². The minimum Gasteiger partial charge on any atom is -0.494 e. The van der Waals surface area contributed by atoms with Gasteiger partial charge in [0.25, 0.3) is 5.91 Å². The minimum absolute atomic E-state index is 0.0117. The number of hydrogen-bond donors (Lipinski definition) is 1. The Morgan fingerprint density at radius 3 is 2.76 bits per heavy atom. The number of nitrogens with zero attached hydrogens (tertiary/aromatic N) is 2. The molecule has 152 valence electrons. The van der Waals surface area contributed by atoms with E-state index in [4.69, 9.17) is 14.5 Å². The van der Waals surface area contributed by atoms with Crippen LogP contribution in [0.15, 0.2) is 48.5 Å². The molecule has 4 rings (SSSR count). The fourth-order valence-corrected chi connectivity index (χ4v) is 4.48. The topological polar surface area (TPSA) is 56.1 Å². The molecule has 0 atom stereocenters. The molecular formula is C22H26N3O3S+. The Morgan fingerprint density at radius 2 is 2.00 bits per heavy atom. The molecule has 0 spiro atoms. The van der Waals surface area contributed by atoms with Gasteiger partial charge < -0.3 is 14.4 Å². The van der Waals surface area contributed by atoms with E-state index in [0.29, 0.717) is 18.7 Å². The Bertz CT molecular complexity index is 954. The molecule has 0 unspecified atom stereocenters. The zero-order valence-corrected chi connectivity index (χ0v) is 17.4. The number of benzene rings is 2. The van der Waals surface area contributed by atoms with Gasteiger partial charge in [-0.3, -0.25) is 9.69 Å². The van der Waals surface area contributed by atoms with Crippen LogP contribution in [0.2, 0.25) is 0 Å². The molecule has 0 saturated carbocycles. The van der Waals surface area contributed by atoms with E-state index < -0.39 is 0 Å². The number of morpholine rings is 1. The van der Waals surface area contributed by atoms with Gasteiger partial charge in [0.15, 0.2) is 5.13 Å². The van der Waals surface area contributed by atoms with Crippen molar-refractivity contribution in [3.63, 3.8) is 0 Å². The van der Waals surface area contributed by atoms with E-state index in [9.17, 15) is 4.79 Å². The van der Waals surface area contributed by atoms with Crippen molar-refractivity contribution in [3.8, 4) is 5.75 Å². The lowest BCUT2D eigenvalue weighted by molar-refractivity contribution is -0.906. The standard InChI is InChI=1S/C22H25N3O3S/c1-2-28-18-8-9-19-20(16-18)29-22(23-19)25(11-10-24-12-14-27-15-13-24)21(26)17-6-4-3-5-7-17/h3-9,16H,2,10-15H2,1H3/p+1. The molecule has 0 radical (unpaired) electrons. The third-order valence-corrected chi connectivity index (χ3v) is 6.09. The molecule has 1 aliphatic heterocycles. The number of ether oxygens (including phenoxy) is 2. The normalized spacial score (nSPS) is 14.8. The van der Waals surface area contributed by atoms with Crippen LogP contribution in [0.25, 0.3) is 10.2 Å². The number of rotatable bonds is 7. The van der Waals surface area contributed by atoms with E-state index in [-0.39, 0.29) is 5.91 Å². The number of amides is 1. The monoisotopic (exact) mass is 412 g/mol. The molecule has 1 aliphatic rings. The summed E-state index contributed by atoms with van der Waals surface area (Å²) in [6, 6.07) is 15.3. The van der Waals surface area contributed by atoms with Crippen molar-refractivity contribution in [3.05, 3.63) is 54.1 Å². The molecule has 1 aromatic heterocycles. The van der Waals surface area contributed by atoms with Crippen molar-refractivity contribution < 1.29 is 19.2 Å². The number of anilines is 1. The van der Waals surface area contributed by atoms with Crippen molar-refractivity contribution in [1.29, 1.82) is 0 Å². The van der Waals surface area contributed by atoms with Gasteiger partial charge in [0.05, 0.1) is 43.1 Å². The number of carbonyl (C=O) groups is 1. The fraction of sp³-hybridized carbons (Fsp3) is 0.364. The first-order valence-corrected chi connectivity index (χ1v) is 10.9. The van der Waals surface area contributed by atoms with Crippen LogP contribution in [-0.4, -0.2) is 56.9 Å². The predicted octanol–water partition coefficient (Wildman–Crippen LogP) is 2.26. The van der Waals surface area contributed by atoms with Crippen LogP contribution in [0.4, 0.5) is 5.13 Å². The molecule has 29 heavy (non-hydrogen) atoms. The molecule has 1 N–H and O–H groups in total. The number of quaternary nitrogens is 1. The maximum absolute atomic E-state index is 13.3. The maximum atomic E-state index is 13.3. The van der Waals surface area contributed by atoms with Crippen molar-refractivity contribution >= 4 is 32.6 Å². The Kier molecular flexibility index (Phi) is 6.39. The van der Waals surface area contributed by atoms with Gasteiger partial charge in [-0.05, 0) is 37.3 Å². The summed E-state index contributed by atoms with van der Waals surface area (Å²) < 4.78 is 12.1. The first-order chi connectivity index (χ1) is 14.2. The highest BCUT2D eigenvalue weighted by molar-refractivity contribution is 7.22. The zero-order chi connectivity index (χ0) is 20.1. The van der Waals surface area contributed by atoms with Gasteiger partial charge >= 0.3 is 0 Å². The Hall–Kier alpha value is -2.48. The third-order valence-electron chi connectivity index (χ3n) is 5.05. The Labute approximate surface area is 174 Å². The molecule has 1 amide bonds. The van der Waals surface area contributed by atoms with Crippen molar-refractivity contribution in [2.45, 2.75) is 6.92 Å². The second kappa shape index (κ2) is 9.35. The summed E-state index contributed by atoms with van der Waals surface area (Å²) in [6.07, 6.45) is 0. The number of fused-ring (bicyclic) bond motifs is 1. The summed E-state index contributed by atoms with van der Waals surface area (Å²) in [7, 11) is 0. The van der Waals surface area contributed by atoms with Gasteiger partial charge in [0.2, 0.25) is 0 Å². The molecule has 1 saturated heterocycles. The van der Waals surface area contributed by atoms with Crippen LogP contribution < -0.4 is 14.5 Å². The summed E-state index contributed by atoms with van der Waals surface area (Å²) in [5, 5.41) is 0.732. The molecule has 0 bridgehead atoms. The molecular weight excluding hydrogens is 386 g/mol. The van der Waals surface area contributed by atoms with Crippen molar-refractivity contribution in [2.75, 3.05) is 50.9 Å². The number of carbonyl (C=O) groups excluding carboxylic acids is 1. The zero-order valence-electron chi connectivity index (χ0n) is 16.6. The van der Waals surface area contributed by atoms with E-state index in [2.05, 4.69) is 0 Å². The maximum Gasteiger partial charge on any atom is 0.260 e. The van der Waals surface area contributed by atoms with Crippen LogP contribution in [0, 0.1) is 0 Å². The summed E-state index contributed by atoms with van der Waals surface area (Å²) in [4.78, 5) is 21.3. The number of thiazole rings is 1. The van der Waals surface area contributed by atoms with E-state index in [1.807, 2.05) is 60.4 Å². The van der Waals surface area contributed by atoms with Gasteiger partial charge in [0, 0.05) is 5.56 Å². The van der Waals surface area contributed by atoms with Gasteiger partial charge in [-0.2, -0.15) is 0 Å². The predicted molar refractivity (Wildman–Crippen MR) is 115 cm³/mol. The van der Waals surface area contributed by atoms with E-state index in [1.54, 1.807) is 0 Å². The fourth-order valence-electron chi connectivity index (χ4n) is 3.47. The SMILES string of the molecule is CCOc1ccc2nc(N(CC[NH+]3CCOCC3)C(=O)c3ccccc3)sc2c1. The van der Waals surface area contributed by atoms with E-state index in [0.717, 1.165) is 53.9 Å². The lowest BCUT2D eigenvalue weighted by atomic mass is 10.2. The average molecular weight is 413 g/mol. The summed E-state index contributed by atoms with van der Waals surface area (Å²) in [5.41, 5.74) is 1.57. The first kappa shape index (κ1) is 19.8. The highest BCUT2D eigenvalue weighted by atomic mass is 32.1. The largest absolute Gasteiger partial charge is 0.494 e. The molecule has 7 heteroatoms. The summed E-state index contributed by atoms with van der Waals surface area (Å²) in [6.45, 7) is 7.61. The lowest BCUT2D eigenvalue weighted by Gasteiger charge is -2.26. The van der Waals surface area contributed by atoms with Crippen LogP contribution in [0.5, 0.6) is 5.75 Å². The average Bonchev–Trinajstić information content (AvgIpc) is 3.18. The van der Waals surface area contributed by atoms with Crippen molar-refractivity contribution in [1.82, 2.24) is 4.98 Å². The third kappa shape index (κ3) is 4.75. The van der Waals surface area contributed by atoms with Crippen LogP contribution in [-0.2, 0) is 4.74 Å².